The van der Waals surface area contributed by atoms with E-state index in [2.05, 4.69) is 11.4 Å². The van der Waals surface area contributed by atoms with Crippen LogP contribution in [-0.4, -0.2) is 24.9 Å². The summed E-state index contributed by atoms with van der Waals surface area (Å²) >= 11 is 0. The fourth-order valence-corrected chi connectivity index (χ4v) is 1.98. The lowest BCUT2D eigenvalue weighted by Gasteiger charge is -2.17. The molecule has 3 heteroatoms. The van der Waals surface area contributed by atoms with Gasteiger partial charge in [-0.25, -0.2) is 0 Å². The molecule has 0 fully saturated rings. The van der Waals surface area contributed by atoms with Gasteiger partial charge in [0.25, 0.3) is 0 Å². The molecule has 0 aromatic heterocycles. The van der Waals surface area contributed by atoms with Crippen LogP contribution in [0.5, 0.6) is 5.75 Å². The molecule has 0 saturated carbocycles. The van der Waals surface area contributed by atoms with E-state index in [-0.39, 0.29) is 6.61 Å². The van der Waals surface area contributed by atoms with Gasteiger partial charge in [0.1, 0.15) is 5.75 Å². The molecule has 15 heavy (non-hydrogen) atoms. The zero-order chi connectivity index (χ0) is 10.5. The quantitative estimate of drug-likeness (QED) is 0.789. The number of aliphatic hydroxyl groups is 1. The number of hydrogen-bond acceptors (Lipinski definition) is 3. The van der Waals surface area contributed by atoms with Crippen molar-refractivity contribution in [3.05, 3.63) is 29.8 Å². The minimum Gasteiger partial charge on any atom is -0.493 e. The summed E-state index contributed by atoms with van der Waals surface area (Å²) in [5, 5.41) is 12.2. The molecule has 1 heterocycles. The second-order valence-corrected chi connectivity index (χ2v) is 3.76. The van der Waals surface area contributed by atoms with Crippen molar-refractivity contribution in [2.24, 2.45) is 0 Å². The van der Waals surface area contributed by atoms with Crippen LogP contribution in [0.25, 0.3) is 0 Å². The van der Waals surface area contributed by atoms with Crippen molar-refractivity contribution in [1.29, 1.82) is 0 Å². The van der Waals surface area contributed by atoms with E-state index < -0.39 is 0 Å². The Kier molecular flexibility index (Phi) is 3.59. The Balaban J connectivity index is 2.17. The van der Waals surface area contributed by atoms with Crippen molar-refractivity contribution in [2.45, 2.75) is 18.9 Å². The minimum absolute atomic E-state index is 0.180. The van der Waals surface area contributed by atoms with Crippen molar-refractivity contribution in [3.8, 4) is 5.75 Å². The van der Waals surface area contributed by atoms with E-state index in [0.717, 1.165) is 25.2 Å². The largest absolute Gasteiger partial charge is 0.493 e. The maximum atomic E-state index is 8.82. The molecule has 1 aromatic rings. The van der Waals surface area contributed by atoms with Gasteiger partial charge < -0.3 is 15.2 Å². The first-order chi connectivity index (χ1) is 7.42. The van der Waals surface area contributed by atoms with Crippen LogP contribution in [-0.2, 0) is 0 Å². The average molecular weight is 207 g/mol. The van der Waals surface area contributed by atoms with Gasteiger partial charge in [-0.3, -0.25) is 0 Å². The molecule has 3 nitrogen and oxygen atoms in total. The van der Waals surface area contributed by atoms with Crippen LogP contribution in [0.15, 0.2) is 24.3 Å². The predicted molar refractivity (Wildman–Crippen MR) is 59.0 cm³/mol. The summed E-state index contributed by atoms with van der Waals surface area (Å²) in [6.45, 7) is 1.60. The van der Waals surface area contributed by atoms with Crippen molar-refractivity contribution in [1.82, 2.24) is 5.32 Å². The Labute approximate surface area is 90.1 Å². The molecule has 0 bridgehead atoms. The van der Waals surface area contributed by atoms with Crippen molar-refractivity contribution < 1.29 is 9.84 Å². The third-order valence-electron chi connectivity index (χ3n) is 2.69. The van der Waals surface area contributed by atoms with Gasteiger partial charge in [0.05, 0.1) is 13.2 Å². The highest BCUT2D eigenvalue weighted by Gasteiger charge is 2.18. The molecule has 1 atom stereocenters. The Bertz CT molecular complexity index is 314. The number of aliphatic hydroxyl groups excluding tert-OH is 1. The van der Waals surface area contributed by atoms with Crippen LogP contribution in [0.1, 0.15) is 24.4 Å². The Hall–Kier alpha value is -1.06. The summed E-state index contributed by atoms with van der Waals surface area (Å²) in [6.07, 6.45) is 2.12. The highest BCUT2D eigenvalue weighted by Crippen LogP contribution is 2.30. The molecule has 0 aliphatic carbocycles. The molecule has 82 valence electrons. The molecule has 0 saturated heterocycles. The van der Waals surface area contributed by atoms with E-state index in [9.17, 15) is 0 Å². The molecular formula is C12H17NO2. The summed E-state index contributed by atoms with van der Waals surface area (Å²) in [5.74, 6) is 0.977. The summed E-state index contributed by atoms with van der Waals surface area (Å²) in [7, 11) is 0. The van der Waals surface area contributed by atoms with Crippen LogP contribution >= 0.6 is 0 Å². The van der Waals surface area contributed by atoms with Crippen LogP contribution in [0, 0.1) is 0 Å². The third-order valence-corrected chi connectivity index (χ3v) is 2.69. The Morgan fingerprint density at radius 3 is 3.13 bits per heavy atom. The van der Waals surface area contributed by atoms with Gasteiger partial charge in [-0.1, -0.05) is 18.2 Å². The fraction of sp³-hybridized carbons (Fsp3) is 0.500. The molecule has 1 aliphatic rings. The van der Waals surface area contributed by atoms with Crippen LogP contribution in [0.4, 0.5) is 0 Å². The van der Waals surface area contributed by atoms with Crippen molar-refractivity contribution >= 4 is 0 Å². The van der Waals surface area contributed by atoms with Crippen LogP contribution in [0.2, 0.25) is 0 Å². The van der Waals surface area contributed by atoms with E-state index >= 15 is 0 Å². The van der Waals surface area contributed by atoms with Crippen molar-refractivity contribution in [2.75, 3.05) is 19.8 Å². The smallest absolute Gasteiger partial charge is 0.124 e. The second kappa shape index (κ2) is 5.14. The highest BCUT2D eigenvalue weighted by molar-refractivity contribution is 5.36. The molecule has 0 spiro atoms. The van der Waals surface area contributed by atoms with Gasteiger partial charge in [0.2, 0.25) is 0 Å². The summed E-state index contributed by atoms with van der Waals surface area (Å²) in [6, 6.07) is 8.44. The summed E-state index contributed by atoms with van der Waals surface area (Å²) in [4.78, 5) is 0. The van der Waals surface area contributed by atoms with Gasteiger partial charge in [-0.05, 0) is 18.9 Å². The topological polar surface area (TPSA) is 41.5 Å². The SMILES string of the molecule is OCCNC1CCCOc2ccccc21. The van der Waals surface area contributed by atoms with E-state index in [1.807, 2.05) is 18.2 Å². The molecular weight excluding hydrogens is 190 g/mol. The number of fused-ring (bicyclic) bond motifs is 1. The number of rotatable bonds is 3. The summed E-state index contributed by atoms with van der Waals surface area (Å²) < 4.78 is 5.66. The molecule has 1 aliphatic heterocycles. The molecule has 2 N–H and O–H groups in total. The number of para-hydroxylation sites is 1. The number of ether oxygens (including phenoxy) is 1. The number of benzene rings is 1. The predicted octanol–water partition coefficient (Wildman–Crippen LogP) is 1.48. The number of hydrogen-bond donors (Lipinski definition) is 2. The zero-order valence-corrected chi connectivity index (χ0v) is 8.78. The van der Waals surface area contributed by atoms with Gasteiger partial charge in [0.15, 0.2) is 0 Å². The Morgan fingerprint density at radius 1 is 1.40 bits per heavy atom. The van der Waals surface area contributed by atoms with Gasteiger partial charge in [-0.2, -0.15) is 0 Å². The lowest BCUT2D eigenvalue weighted by Crippen LogP contribution is -2.24. The number of nitrogens with one attached hydrogen (secondary N) is 1. The summed E-state index contributed by atoms with van der Waals surface area (Å²) in [5.41, 5.74) is 1.21. The standard InChI is InChI=1S/C12H17NO2/c14-8-7-13-11-5-3-9-15-12-6-2-1-4-10(11)12/h1-2,4,6,11,13-14H,3,5,7-9H2. The normalized spacial score (nSPS) is 20.2. The first-order valence-electron chi connectivity index (χ1n) is 5.48. The molecule has 0 radical (unpaired) electrons. The lowest BCUT2D eigenvalue weighted by molar-refractivity contribution is 0.281. The molecule has 2 rings (SSSR count). The minimum atomic E-state index is 0.180. The fourth-order valence-electron chi connectivity index (χ4n) is 1.98. The van der Waals surface area contributed by atoms with Crippen LogP contribution in [0.3, 0.4) is 0 Å². The highest BCUT2D eigenvalue weighted by atomic mass is 16.5. The van der Waals surface area contributed by atoms with E-state index in [1.165, 1.54) is 5.56 Å². The monoisotopic (exact) mass is 207 g/mol. The maximum absolute atomic E-state index is 8.82. The van der Waals surface area contributed by atoms with Gasteiger partial charge in [-0.15, -0.1) is 0 Å². The second-order valence-electron chi connectivity index (χ2n) is 3.76. The average Bonchev–Trinajstić information content (AvgIpc) is 2.49. The van der Waals surface area contributed by atoms with Crippen LogP contribution < -0.4 is 10.1 Å². The third kappa shape index (κ3) is 2.49. The first kappa shape index (κ1) is 10.5. The zero-order valence-electron chi connectivity index (χ0n) is 8.78. The lowest BCUT2D eigenvalue weighted by atomic mass is 10.0. The Morgan fingerprint density at radius 2 is 2.27 bits per heavy atom. The first-order valence-corrected chi connectivity index (χ1v) is 5.48. The van der Waals surface area contributed by atoms with E-state index in [0.29, 0.717) is 12.6 Å². The van der Waals surface area contributed by atoms with Gasteiger partial charge >= 0.3 is 0 Å². The molecule has 1 unspecified atom stereocenters. The van der Waals surface area contributed by atoms with E-state index in [4.69, 9.17) is 9.84 Å². The van der Waals surface area contributed by atoms with Gasteiger partial charge in [0, 0.05) is 18.2 Å². The molecule has 1 aromatic carbocycles. The molecule has 0 amide bonds. The van der Waals surface area contributed by atoms with Crippen molar-refractivity contribution in [3.63, 3.8) is 0 Å². The van der Waals surface area contributed by atoms with E-state index in [1.54, 1.807) is 0 Å². The maximum Gasteiger partial charge on any atom is 0.124 e.